The molecule has 0 saturated heterocycles. The normalized spacial score (nSPS) is 10.8. The van der Waals surface area contributed by atoms with Crippen LogP contribution < -0.4 is 5.73 Å². The van der Waals surface area contributed by atoms with E-state index in [4.69, 9.17) is 10.2 Å². The third-order valence-electron chi connectivity index (χ3n) is 1.89. The Morgan fingerprint density at radius 1 is 1.47 bits per heavy atom. The monoisotopic (exact) mass is 224 g/mol. The van der Waals surface area contributed by atoms with E-state index in [2.05, 4.69) is 15.2 Å². The zero-order chi connectivity index (χ0) is 10.7. The molecule has 0 aromatic carbocycles. The fraction of sp³-hybridized carbons (Fsp3) is 0.444. The highest BCUT2D eigenvalue weighted by molar-refractivity contribution is 7.14. The predicted octanol–water partition coefficient (Wildman–Crippen LogP) is 1.39. The van der Waals surface area contributed by atoms with Crippen molar-refractivity contribution in [1.82, 2.24) is 15.2 Å². The van der Waals surface area contributed by atoms with Crippen LogP contribution in [0.3, 0.4) is 0 Å². The lowest BCUT2D eigenvalue weighted by Crippen LogP contribution is -2.00. The van der Waals surface area contributed by atoms with Crippen molar-refractivity contribution < 1.29 is 4.42 Å². The van der Waals surface area contributed by atoms with Crippen LogP contribution in [0, 0.1) is 6.92 Å². The lowest BCUT2D eigenvalue weighted by molar-refractivity contribution is 0.500. The molecule has 0 bridgehead atoms. The highest BCUT2D eigenvalue weighted by Crippen LogP contribution is 2.24. The van der Waals surface area contributed by atoms with Gasteiger partial charge in [-0.15, -0.1) is 21.5 Å². The van der Waals surface area contributed by atoms with Gasteiger partial charge in [-0.25, -0.2) is 4.98 Å². The predicted molar refractivity (Wildman–Crippen MR) is 57.5 cm³/mol. The van der Waals surface area contributed by atoms with Gasteiger partial charge in [-0.1, -0.05) is 0 Å². The molecular formula is C9H12N4OS. The van der Waals surface area contributed by atoms with Gasteiger partial charge >= 0.3 is 0 Å². The Kier molecular flexibility index (Phi) is 3.08. The van der Waals surface area contributed by atoms with E-state index < -0.39 is 0 Å². The number of hydrogen-bond acceptors (Lipinski definition) is 6. The molecule has 2 N–H and O–H groups in total. The lowest BCUT2D eigenvalue weighted by atomic mass is 10.3. The van der Waals surface area contributed by atoms with E-state index >= 15 is 0 Å². The number of nitrogens with zero attached hydrogens (tertiary/aromatic N) is 3. The molecule has 0 spiro atoms. The molecular weight excluding hydrogens is 212 g/mol. The van der Waals surface area contributed by atoms with Gasteiger partial charge in [0.25, 0.3) is 5.89 Å². The summed E-state index contributed by atoms with van der Waals surface area (Å²) in [7, 11) is 0. The van der Waals surface area contributed by atoms with E-state index in [1.807, 2.05) is 6.92 Å². The second kappa shape index (κ2) is 4.50. The van der Waals surface area contributed by atoms with E-state index in [0.29, 0.717) is 18.3 Å². The number of aromatic nitrogens is 3. The molecule has 2 heterocycles. The first kappa shape index (κ1) is 10.3. The highest BCUT2D eigenvalue weighted by atomic mass is 32.1. The van der Waals surface area contributed by atoms with E-state index in [1.165, 1.54) is 0 Å². The van der Waals surface area contributed by atoms with Crippen molar-refractivity contribution in [3.8, 4) is 10.8 Å². The second-order valence-corrected chi connectivity index (χ2v) is 4.37. The molecule has 0 aliphatic rings. The zero-order valence-corrected chi connectivity index (χ0v) is 9.25. The third-order valence-corrected chi connectivity index (χ3v) is 2.79. The number of nitrogens with two attached hydrogens (primary N) is 1. The standard InChI is InChI=1S/C9H12N4OS/c1-6-11-5-7(15-6)9-13-12-8(14-9)3-2-4-10/h5H,2-4,10H2,1H3. The van der Waals surface area contributed by atoms with Crippen molar-refractivity contribution in [1.29, 1.82) is 0 Å². The van der Waals surface area contributed by atoms with Gasteiger partial charge in [0, 0.05) is 6.42 Å². The molecule has 2 aromatic rings. The average molecular weight is 224 g/mol. The van der Waals surface area contributed by atoms with Gasteiger partial charge in [0.1, 0.15) is 4.88 Å². The maximum Gasteiger partial charge on any atom is 0.259 e. The summed E-state index contributed by atoms with van der Waals surface area (Å²) in [4.78, 5) is 5.05. The van der Waals surface area contributed by atoms with Crippen LogP contribution in [0.1, 0.15) is 17.3 Å². The fourth-order valence-corrected chi connectivity index (χ4v) is 1.87. The minimum Gasteiger partial charge on any atom is -0.420 e. The molecule has 0 unspecified atom stereocenters. The molecule has 15 heavy (non-hydrogen) atoms. The SMILES string of the molecule is Cc1ncc(-c2nnc(CCCN)o2)s1. The smallest absolute Gasteiger partial charge is 0.259 e. The summed E-state index contributed by atoms with van der Waals surface area (Å²) in [5.74, 6) is 1.19. The first-order chi connectivity index (χ1) is 7.29. The number of hydrogen-bond donors (Lipinski definition) is 1. The molecule has 0 atom stereocenters. The van der Waals surface area contributed by atoms with Gasteiger partial charge in [0.15, 0.2) is 0 Å². The molecule has 0 saturated carbocycles. The molecule has 0 radical (unpaired) electrons. The van der Waals surface area contributed by atoms with E-state index in [1.54, 1.807) is 17.5 Å². The molecule has 2 rings (SSSR count). The zero-order valence-electron chi connectivity index (χ0n) is 8.43. The Morgan fingerprint density at radius 2 is 2.33 bits per heavy atom. The summed E-state index contributed by atoms with van der Waals surface area (Å²) in [5, 5.41) is 8.90. The van der Waals surface area contributed by atoms with Crippen LogP contribution in [0.25, 0.3) is 10.8 Å². The van der Waals surface area contributed by atoms with Crippen molar-refractivity contribution in [2.24, 2.45) is 5.73 Å². The number of aryl methyl sites for hydroxylation is 2. The topological polar surface area (TPSA) is 77.8 Å². The largest absolute Gasteiger partial charge is 0.420 e. The summed E-state index contributed by atoms with van der Waals surface area (Å²) in [6.45, 7) is 2.58. The van der Waals surface area contributed by atoms with Crippen LogP contribution in [-0.4, -0.2) is 21.7 Å². The van der Waals surface area contributed by atoms with Gasteiger partial charge in [-0.2, -0.15) is 0 Å². The minimum absolute atomic E-state index is 0.549. The molecule has 80 valence electrons. The van der Waals surface area contributed by atoms with Gasteiger partial charge in [-0.05, 0) is 19.9 Å². The minimum atomic E-state index is 0.549. The van der Waals surface area contributed by atoms with Gasteiger partial charge < -0.3 is 10.2 Å². The number of thiazole rings is 1. The molecule has 0 aliphatic carbocycles. The quantitative estimate of drug-likeness (QED) is 0.849. The van der Waals surface area contributed by atoms with Crippen LogP contribution in [-0.2, 0) is 6.42 Å². The maximum atomic E-state index is 5.48. The van der Waals surface area contributed by atoms with Crippen LogP contribution in [0.15, 0.2) is 10.6 Å². The van der Waals surface area contributed by atoms with E-state index in [0.717, 1.165) is 22.7 Å². The van der Waals surface area contributed by atoms with Gasteiger partial charge in [0.05, 0.1) is 11.2 Å². The van der Waals surface area contributed by atoms with Gasteiger partial charge in [-0.3, -0.25) is 0 Å². The van der Waals surface area contributed by atoms with Crippen molar-refractivity contribution in [2.45, 2.75) is 19.8 Å². The summed E-state index contributed by atoms with van der Waals surface area (Å²) >= 11 is 1.55. The van der Waals surface area contributed by atoms with Crippen molar-refractivity contribution in [3.63, 3.8) is 0 Å². The number of rotatable bonds is 4. The van der Waals surface area contributed by atoms with Crippen molar-refractivity contribution >= 4 is 11.3 Å². The maximum absolute atomic E-state index is 5.48. The third kappa shape index (κ3) is 2.40. The lowest BCUT2D eigenvalue weighted by Gasteiger charge is -1.89. The Hall–Kier alpha value is -1.27. The molecule has 0 aliphatic heterocycles. The summed E-state index contributed by atoms with van der Waals surface area (Å²) < 4.78 is 5.48. The van der Waals surface area contributed by atoms with Crippen LogP contribution >= 0.6 is 11.3 Å². The molecule has 0 fully saturated rings. The van der Waals surface area contributed by atoms with E-state index in [-0.39, 0.29) is 0 Å². The summed E-state index contributed by atoms with van der Waals surface area (Å²) in [6.07, 6.45) is 3.35. The first-order valence-corrected chi connectivity index (χ1v) is 5.56. The Bertz CT molecular complexity index is 437. The van der Waals surface area contributed by atoms with Crippen molar-refractivity contribution in [3.05, 3.63) is 17.1 Å². The molecule has 0 amide bonds. The van der Waals surface area contributed by atoms with Crippen molar-refractivity contribution in [2.75, 3.05) is 6.54 Å². The van der Waals surface area contributed by atoms with Crippen LogP contribution in [0.4, 0.5) is 0 Å². The fourth-order valence-electron chi connectivity index (χ4n) is 1.17. The highest BCUT2D eigenvalue weighted by Gasteiger charge is 2.10. The molecule has 5 nitrogen and oxygen atoms in total. The van der Waals surface area contributed by atoms with Gasteiger partial charge in [0.2, 0.25) is 5.89 Å². The second-order valence-electron chi connectivity index (χ2n) is 3.14. The Balaban J connectivity index is 2.13. The molecule has 2 aromatic heterocycles. The summed E-state index contributed by atoms with van der Waals surface area (Å²) in [6, 6.07) is 0. The first-order valence-electron chi connectivity index (χ1n) is 4.75. The molecule has 6 heteroatoms. The summed E-state index contributed by atoms with van der Waals surface area (Å²) in [5.41, 5.74) is 5.40. The Labute approximate surface area is 91.4 Å². The average Bonchev–Trinajstić information content (AvgIpc) is 2.83. The van der Waals surface area contributed by atoms with Crippen LogP contribution in [0.2, 0.25) is 0 Å². The van der Waals surface area contributed by atoms with Crippen LogP contribution in [0.5, 0.6) is 0 Å². The Morgan fingerprint density at radius 3 is 3.00 bits per heavy atom. The van der Waals surface area contributed by atoms with E-state index in [9.17, 15) is 0 Å².